The zero-order chi connectivity index (χ0) is 20.2. The maximum Gasteiger partial charge on any atom is 0.121 e. The van der Waals surface area contributed by atoms with Gasteiger partial charge in [0.25, 0.3) is 0 Å². The van der Waals surface area contributed by atoms with Crippen LogP contribution in [0.2, 0.25) is 12.1 Å². The quantitative estimate of drug-likeness (QED) is 0.397. The van der Waals surface area contributed by atoms with Crippen molar-refractivity contribution in [3.63, 3.8) is 0 Å². The topological polar surface area (TPSA) is 20.2 Å². The van der Waals surface area contributed by atoms with Crippen molar-refractivity contribution in [3.05, 3.63) is 53.1 Å². The van der Waals surface area contributed by atoms with Gasteiger partial charge in [0.15, 0.2) is 0 Å². The van der Waals surface area contributed by atoms with E-state index in [2.05, 4.69) is 71.0 Å². The number of rotatable bonds is 8. The summed E-state index contributed by atoms with van der Waals surface area (Å²) in [5, 5.41) is 13.1. The number of benzene rings is 2. The first kappa shape index (κ1) is 22.1. The molecule has 0 aliphatic rings. The first-order valence-electron chi connectivity index (χ1n) is 10.1. The lowest BCUT2D eigenvalue weighted by Gasteiger charge is -2.35. The molecule has 0 saturated carbocycles. The fraction of sp³-hybridized carbons (Fsp3) is 0.500. The molecule has 3 heteroatoms. The van der Waals surface area contributed by atoms with Crippen LogP contribution in [0.5, 0.6) is 5.75 Å². The molecule has 0 heterocycles. The van der Waals surface area contributed by atoms with E-state index in [0.717, 1.165) is 11.1 Å². The van der Waals surface area contributed by atoms with Crippen LogP contribution in [0.1, 0.15) is 44.4 Å². The van der Waals surface area contributed by atoms with Crippen LogP contribution in [0.25, 0.3) is 0 Å². The molecule has 0 atom stereocenters. The summed E-state index contributed by atoms with van der Waals surface area (Å²) < 4.78 is 0. The molecule has 1 nitrogen and oxygen atoms in total. The number of aryl methyl sites for hydroxylation is 1. The number of thioether (sulfide) groups is 1. The SMILES string of the molecule is Cc1cc(SC[Si](CC(C)C)(CC(C)C)c2ccccc2)c(C)c(C)c1O. The Morgan fingerprint density at radius 3 is 1.96 bits per heavy atom. The number of aromatic hydroxyl groups is 1. The standard InChI is InChI=1S/C24H36OSSi/c1-17(2)14-27(15-18(3)4,22-11-9-8-10-12-22)16-26-23-13-19(5)24(25)21(7)20(23)6/h8-13,17-18,25H,14-16H2,1-7H3. The van der Waals surface area contributed by atoms with E-state index in [4.69, 9.17) is 0 Å². The van der Waals surface area contributed by atoms with Crippen molar-refractivity contribution in [2.45, 2.75) is 65.4 Å². The fourth-order valence-electron chi connectivity index (χ4n) is 4.27. The lowest BCUT2D eigenvalue weighted by molar-refractivity contribution is 0.465. The third-order valence-corrected chi connectivity index (χ3v) is 13.8. The Kier molecular flexibility index (Phi) is 7.64. The number of phenolic OH excluding ortho intramolecular Hbond substituents is 1. The summed E-state index contributed by atoms with van der Waals surface area (Å²) in [5.41, 5.74) is 3.24. The maximum atomic E-state index is 10.3. The minimum atomic E-state index is -1.65. The third-order valence-electron chi connectivity index (χ3n) is 5.50. The van der Waals surface area contributed by atoms with Gasteiger partial charge in [-0.2, -0.15) is 0 Å². The molecule has 2 aromatic rings. The van der Waals surface area contributed by atoms with Crippen LogP contribution < -0.4 is 5.19 Å². The second kappa shape index (κ2) is 9.34. The zero-order valence-corrected chi connectivity index (χ0v) is 19.9. The van der Waals surface area contributed by atoms with Crippen LogP contribution in [-0.2, 0) is 0 Å². The van der Waals surface area contributed by atoms with Gasteiger partial charge in [0.05, 0.1) is 8.07 Å². The zero-order valence-electron chi connectivity index (χ0n) is 18.1. The van der Waals surface area contributed by atoms with E-state index in [1.807, 2.05) is 25.6 Å². The summed E-state index contributed by atoms with van der Waals surface area (Å²) in [4.78, 5) is 1.34. The predicted molar refractivity (Wildman–Crippen MR) is 124 cm³/mol. The van der Waals surface area contributed by atoms with E-state index in [1.54, 1.807) is 5.19 Å². The second-order valence-corrected chi connectivity index (χ2v) is 14.8. The summed E-state index contributed by atoms with van der Waals surface area (Å²) in [6.07, 6.45) is 0. The average Bonchev–Trinajstić information content (AvgIpc) is 2.61. The Labute approximate surface area is 171 Å². The van der Waals surface area contributed by atoms with Gasteiger partial charge in [-0.3, -0.25) is 0 Å². The summed E-state index contributed by atoms with van der Waals surface area (Å²) in [5.74, 6) is 1.87. The molecule has 0 aliphatic heterocycles. The van der Waals surface area contributed by atoms with Gasteiger partial charge in [0.1, 0.15) is 5.75 Å². The molecular weight excluding hydrogens is 364 g/mol. The van der Waals surface area contributed by atoms with Gasteiger partial charge in [-0.25, -0.2) is 0 Å². The van der Waals surface area contributed by atoms with Crippen LogP contribution in [0.4, 0.5) is 0 Å². The van der Waals surface area contributed by atoms with Gasteiger partial charge in [0.2, 0.25) is 0 Å². The first-order chi connectivity index (χ1) is 12.7. The molecule has 0 bridgehead atoms. The third kappa shape index (κ3) is 5.42. The van der Waals surface area contributed by atoms with Crippen molar-refractivity contribution in [1.82, 2.24) is 0 Å². The highest BCUT2D eigenvalue weighted by molar-refractivity contribution is 8.01. The van der Waals surface area contributed by atoms with Gasteiger partial charge in [-0.1, -0.05) is 75.3 Å². The molecule has 27 heavy (non-hydrogen) atoms. The lowest BCUT2D eigenvalue weighted by atomic mass is 10.1. The minimum Gasteiger partial charge on any atom is -0.507 e. The Morgan fingerprint density at radius 1 is 0.889 bits per heavy atom. The van der Waals surface area contributed by atoms with Crippen LogP contribution in [0, 0.1) is 32.6 Å². The summed E-state index contributed by atoms with van der Waals surface area (Å²) >= 11 is 2.02. The Morgan fingerprint density at radius 2 is 1.44 bits per heavy atom. The smallest absolute Gasteiger partial charge is 0.121 e. The molecule has 0 aromatic heterocycles. The lowest BCUT2D eigenvalue weighted by Crippen LogP contribution is -2.52. The number of hydrogen-bond acceptors (Lipinski definition) is 2. The Balaban J connectivity index is 2.43. The van der Waals surface area contributed by atoms with Crippen molar-refractivity contribution in [3.8, 4) is 5.75 Å². The number of phenols is 1. The van der Waals surface area contributed by atoms with Crippen molar-refractivity contribution >= 4 is 25.0 Å². The molecule has 0 fully saturated rings. The predicted octanol–water partition coefficient (Wildman–Crippen LogP) is 6.62. The van der Waals surface area contributed by atoms with Gasteiger partial charge < -0.3 is 5.11 Å². The van der Waals surface area contributed by atoms with E-state index in [1.165, 1.54) is 27.9 Å². The van der Waals surface area contributed by atoms with Crippen LogP contribution >= 0.6 is 11.8 Å². The van der Waals surface area contributed by atoms with Gasteiger partial charge in [0, 0.05) is 4.90 Å². The van der Waals surface area contributed by atoms with Crippen molar-refractivity contribution in [2.75, 3.05) is 5.38 Å². The number of hydrogen-bond donors (Lipinski definition) is 1. The van der Waals surface area contributed by atoms with Crippen LogP contribution in [-0.4, -0.2) is 18.6 Å². The maximum absolute atomic E-state index is 10.3. The van der Waals surface area contributed by atoms with Crippen molar-refractivity contribution in [2.24, 2.45) is 11.8 Å². The van der Waals surface area contributed by atoms with Crippen molar-refractivity contribution in [1.29, 1.82) is 0 Å². The van der Waals surface area contributed by atoms with Gasteiger partial charge in [-0.05, 0) is 60.7 Å². The highest BCUT2D eigenvalue weighted by Crippen LogP contribution is 2.37. The van der Waals surface area contributed by atoms with E-state index >= 15 is 0 Å². The molecule has 0 saturated heterocycles. The molecule has 0 radical (unpaired) electrons. The van der Waals surface area contributed by atoms with Crippen molar-refractivity contribution < 1.29 is 5.11 Å². The van der Waals surface area contributed by atoms with E-state index in [9.17, 15) is 5.11 Å². The van der Waals surface area contributed by atoms with E-state index < -0.39 is 8.07 Å². The molecule has 0 spiro atoms. The molecule has 0 aliphatic carbocycles. The average molecular weight is 401 g/mol. The molecular formula is C24H36OSSi. The minimum absolute atomic E-state index is 0.452. The summed E-state index contributed by atoms with van der Waals surface area (Å²) in [6, 6.07) is 16.1. The Bertz CT molecular complexity index is 743. The highest BCUT2D eigenvalue weighted by Gasteiger charge is 2.36. The first-order valence-corrected chi connectivity index (χ1v) is 13.7. The summed E-state index contributed by atoms with van der Waals surface area (Å²) in [7, 11) is -1.65. The van der Waals surface area contributed by atoms with Crippen LogP contribution in [0.3, 0.4) is 0 Å². The summed E-state index contributed by atoms with van der Waals surface area (Å²) in [6.45, 7) is 15.7. The molecule has 2 rings (SSSR count). The Hall–Kier alpha value is -1.19. The molecule has 2 aromatic carbocycles. The van der Waals surface area contributed by atoms with Gasteiger partial charge in [-0.15, -0.1) is 11.8 Å². The van der Waals surface area contributed by atoms with Gasteiger partial charge >= 0.3 is 0 Å². The molecule has 0 unspecified atom stereocenters. The van der Waals surface area contributed by atoms with E-state index in [-0.39, 0.29) is 0 Å². The second-order valence-electron chi connectivity index (χ2n) is 8.92. The van der Waals surface area contributed by atoms with Crippen LogP contribution in [0.15, 0.2) is 41.3 Å². The molecule has 1 N–H and O–H groups in total. The largest absolute Gasteiger partial charge is 0.507 e. The van der Waals surface area contributed by atoms with E-state index in [0.29, 0.717) is 17.6 Å². The molecule has 0 amide bonds. The fourth-order valence-corrected chi connectivity index (χ4v) is 12.9. The molecule has 148 valence electrons. The normalized spacial score (nSPS) is 12.2. The highest BCUT2D eigenvalue weighted by atomic mass is 32.2. The monoisotopic (exact) mass is 400 g/mol.